The van der Waals surface area contributed by atoms with E-state index in [-0.39, 0.29) is 11.4 Å². The number of aryl methyl sites for hydroxylation is 1. The predicted molar refractivity (Wildman–Crippen MR) is 93.8 cm³/mol. The number of hydrogen-bond donors (Lipinski definition) is 1. The number of aromatic nitrogens is 4. The molecule has 0 aliphatic heterocycles. The van der Waals surface area contributed by atoms with Crippen molar-refractivity contribution in [1.82, 2.24) is 19.5 Å². The smallest absolute Gasteiger partial charge is 0.277 e. The fourth-order valence-electron chi connectivity index (χ4n) is 2.74. The molecule has 0 radical (unpaired) electrons. The SMILES string of the molecule is Cc1ccc(Cn2cnc3nc(-c4ccc(F)cc4)[nH]c(=O)c32)cc1. The Morgan fingerprint density at radius 1 is 1.08 bits per heavy atom. The highest BCUT2D eigenvalue weighted by Gasteiger charge is 2.12. The van der Waals surface area contributed by atoms with Crippen LogP contribution in [0, 0.1) is 12.7 Å². The van der Waals surface area contributed by atoms with Gasteiger partial charge in [-0.25, -0.2) is 14.4 Å². The van der Waals surface area contributed by atoms with Crippen molar-refractivity contribution in [2.45, 2.75) is 13.5 Å². The second-order valence-electron chi connectivity index (χ2n) is 5.95. The lowest BCUT2D eigenvalue weighted by atomic mass is 10.1. The van der Waals surface area contributed by atoms with Crippen LogP contribution in [0.4, 0.5) is 4.39 Å². The molecule has 25 heavy (non-hydrogen) atoms. The van der Waals surface area contributed by atoms with Gasteiger partial charge in [0.25, 0.3) is 5.56 Å². The molecule has 5 nitrogen and oxygen atoms in total. The quantitative estimate of drug-likeness (QED) is 0.625. The van der Waals surface area contributed by atoms with E-state index in [1.165, 1.54) is 17.7 Å². The Bertz CT molecular complexity index is 1100. The van der Waals surface area contributed by atoms with Crippen LogP contribution in [0.1, 0.15) is 11.1 Å². The summed E-state index contributed by atoms with van der Waals surface area (Å²) in [6.45, 7) is 2.57. The van der Waals surface area contributed by atoms with Gasteiger partial charge in [-0.2, -0.15) is 0 Å². The van der Waals surface area contributed by atoms with Crippen LogP contribution >= 0.6 is 0 Å². The second-order valence-corrected chi connectivity index (χ2v) is 5.95. The zero-order valence-corrected chi connectivity index (χ0v) is 13.5. The van der Waals surface area contributed by atoms with Crippen LogP contribution in [-0.4, -0.2) is 19.5 Å². The van der Waals surface area contributed by atoms with Gasteiger partial charge in [0.2, 0.25) is 0 Å². The number of nitrogens with zero attached hydrogens (tertiary/aromatic N) is 3. The molecule has 2 heterocycles. The van der Waals surface area contributed by atoms with E-state index in [4.69, 9.17) is 0 Å². The van der Waals surface area contributed by atoms with Crippen LogP contribution in [-0.2, 0) is 6.54 Å². The van der Waals surface area contributed by atoms with E-state index >= 15 is 0 Å². The summed E-state index contributed by atoms with van der Waals surface area (Å²) in [5.74, 6) is 0.0348. The maximum absolute atomic E-state index is 13.1. The molecule has 0 amide bonds. The van der Waals surface area contributed by atoms with Crippen LogP contribution < -0.4 is 5.56 Å². The first kappa shape index (κ1) is 15.3. The predicted octanol–water partition coefficient (Wildman–Crippen LogP) is 3.28. The number of H-pyrrole nitrogens is 1. The van der Waals surface area contributed by atoms with Gasteiger partial charge in [-0.15, -0.1) is 0 Å². The third-order valence-corrected chi connectivity index (χ3v) is 4.07. The maximum Gasteiger partial charge on any atom is 0.277 e. The van der Waals surface area contributed by atoms with Crippen LogP contribution in [0.2, 0.25) is 0 Å². The first-order valence-corrected chi connectivity index (χ1v) is 7.87. The summed E-state index contributed by atoms with van der Waals surface area (Å²) < 4.78 is 14.8. The molecular formula is C19H15FN4O. The second kappa shape index (κ2) is 5.98. The van der Waals surface area contributed by atoms with Crippen molar-refractivity contribution < 1.29 is 4.39 Å². The number of fused-ring (bicyclic) bond motifs is 1. The molecule has 0 unspecified atom stereocenters. The first-order valence-electron chi connectivity index (χ1n) is 7.87. The first-order chi connectivity index (χ1) is 12.1. The lowest BCUT2D eigenvalue weighted by Gasteiger charge is -2.05. The monoisotopic (exact) mass is 334 g/mol. The summed E-state index contributed by atoms with van der Waals surface area (Å²) in [6.07, 6.45) is 1.61. The van der Waals surface area contributed by atoms with Crippen LogP contribution in [0.3, 0.4) is 0 Å². The molecule has 0 aliphatic carbocycles. The minimum Gasteiger partial charge on any atom is -0.320 e. The van der Waals surface area contributed by atoms with Crippen molar-refractivity contribution in [3.8, 4) is 11.4 Å². The van der Waals surface area contributed by atoms with E-state index in [9.17, 15) is 9.18 Å². The topological polar surface area (TPSA) is 63.6 Å². The summed E-state index contributed by atoms with van der Waals surface area (Å²) >= 11 is 0. The number of nitrogens with one attached hydrogen (secondary N) is 1. The lowest BCUT2D eigenvalue weighted by molar-refractivity contribution is 0.628. The highest BCUT2D eigenvalue weighted by Crippen LogP contribution is 2.17. The number of halogens is 1. The highest BCUT2D eigenvalue weighted by molar-refractivity contribution is 5.72. The Hall–Kier alpha value is -3.28. The summed E-state index contributed by atoms with van der Waals surface area (Å²) in [5.41, 5.74) is 3.42. The van der Waals surface area contributed by atoms with Crippen LogP contribution in [0.5, 0.6) is 0 Å². The van der Waals surface area contributed by atoms with Gasteiger partial charge < -0.3 is 9.55 Å². The van der Waals surface area contributed by atoms with Crippen LogP contribution in [0.25, 0.3) is 22.6 Å². The highest BCUT2D eigenvalue weighted by atomic mass is 19.1. The fourth-order valence-corrected chi connectivity index (χ4v) is 2.74. The Morgan fingerprint density at radius 2 is 1.80 bits per heavy atom. The van der Waals surface area contributed by atoms with Crippen LogP contribution in [0.15, 0.2) is 59.7 Å². The molecule has 6 heteroatoms. The van der Waals surface area contributed by atoms with Crippen molar-refractivity contribution in [2.75, 3.05) is 0 Å². The van der Waals surface area contributed by atoms with E-state index in [2.05, 4.69) is 15.0 Å². The Morgan fingerprint density at radius 3 is 2.52 bits per heavy atom. The van der Waals surface area contributed by atoms with E-state index < -0.39 is 0 Å². The average molecular weight is 334 g/mol. The van der Waals surface area contributed by atoms with Gasteiger partial charge in [-0.3, -0.25) is 4.79 Å². The number of imidazole rings is 1. The molecule has 0 bridgehead atoms. The zero-order valence-electron chi connectivity index (χ0n) is 13.5. The molecule has 0 atom stereocenters. The molecule has 4 rings (SSSR count). The molecule has 1 N–H and O–H groups in total. The molecule has 124 valence electrons. The molecule has 2 aromatic carbocycles. The van der Waals surface area contributed by atoms with Crippen molar-refractivity contribution in [3.05, 3.63) is 82.2 Å². The van der Waals surface area contributed by atoms with Gasteiger partial charge in [0.15, 0.2) is 11.2 Å². The van der Waals surface area contributed by atoms with Crippen molar-refractivity contribution in [3.63, 3.8) is 0 Å². The molecule has 0 saturated heterocycles. The van der Waals surface area contributed by atoms with Crippen molar-refractivity contribution >= 4 is 11.2 Å². The summed E-state index contributed by atoms with van der Waals surface area (Å²) in [4.78, 5) is 24.0. The van der Waals surface area contributed by atoms with Gasteiger partial charge in [0, 0.05) is 12.1 Å². The Balaban J connectivity index is 1.75. The molecule has 0 spiro atoms. The standard InChI is InChI=1S/C19H15FN4O/c1-12-2-4-13(5-3-12)10-24-11-21-18-16(24)19(25)23-17(22-18)14-6-8-15(20)9-7-14/h2-9,11H,10H2,1H3,(H,22,23,25). The van der Waals surface area contributed by atoms with Gasteiger partial charge in [-0.05, 0) is 36.8 Å². The summed E-state index contributed by atoms with van der Waals surface area (Å²) in [6, 6.07) is 13.9. The number of aromatic amines is 1. The third-order valence-electron chi connectivity index (χ3n) is 4.07. The molecule has 2 aromatic heterocycles. The minimum atomic E-state index is -0.338. The van der Waals surface area contributed by atoms with E-state index in [0.717, 1.165) is 5.56 Å². The summed E-state index contributed by atoms with van der Waals surface area (Å²) in [7, 11) is 0. The van der Waals surface area contributed by atoms with Gasteiger partial charge in [0.05, 0.1) is 6.33 Å². The van der Waals surface area contributed by atoms with Crippen molar-refractivity contribution in [1.29, 1.82) is 0 Å². The zero-order chi connectivity index (χ0) is 17.4. The fraction of sp³-hybridized carbons (Fsp3) is 0.105. The molecule has 0 saturated carbocycles. The lowest BCUT2D eigenvalue weighted by Crippen LogP contribution is -2.13. The Labute approximate surface area is 142 Å². The van der Waals surface area contributed by atoms with E-state index in [1.54, 1.807) is 23.0 Å². The normalized spacial score (nSPS) is 11.1. The van der Waals surface area contributed by atoms with Gasteiger partial charge in [-0.1, -0.05) is 29.8 Å². The van der Waals surface area contributed by atoms with E-state index in [1.807, 2.05) is 31.2 Å². The van der Waals surface area contributed by atoms with Crippen molar-refractivity contribution in [2.24, 2.45) is 0 Å². The third kappa shape index (κ3) is 2.94. The van der Waals surface area contributed by atoms with Gasteiger partial charge in [0.1, 0.15) is 11.6 Å². The molecular weight excluding hydrogens is 319 g/mol. The maximum atomic E-state index is 13.1. The van der Waals surface area contributed by atoms with E-state index in [0.29, 0.717) is 29.1 Å². The average Bonchev–Trinajstić information content (AvgIpc) is 3.01. The molecule has 0 fully saturated rings. The molecule has 4 aromatic rings. The number of hydrogen-bond acceptors (Lipinski definition) is 3. The minimum absolute atomic E-state index is 0.270. The summed E-state index contributed by atoms with van der Waals surface area (Å²) in [5, 5.41) is 0. The molecule has 0 aliphatic rings. The van der Waals surface area contributed by atoms with Gasteiger partial charge >= 0.3 is 0 Å². The largest absolute Gasteiger partial charge is 0.320 e. The Kier molecular flexibility index (Phi) is 3.65. The number of rotatable bonds is 3. The number of benzene rings is 2.